The maximum atomic E-state index is 11.6. The second-order valence-electron chi connectivity index (χ2n) is 3.43. The largest absolute Gasteiger partial charge is 0.466 e. The number of nitrogens with zero attached hydrogens (tertiary/aromatic N) is 1. The average Bonchev–Trinajstić information content (AvgIpc) is 2.39. The van der Waals surface area contributed by atoms with Crippen LogP contribution in [0.5, 0.6) is 0 Å². The smallest absolute Gasteiger partial charge is 0.337 e. The molecule has 6 heteroatoms. The normalized spacial score (nSPS) is 18.8. The summed E-state index contributed by atoms with van der Waals surface area (Å²) in [5, 5.41) is 6.26. The molecular formula is C11H11N3O2S. The second-order valence-corrected chi connectivity index (χ2v) is 3.84. The van der Waals surface area contributed by atoms with Crippen molar-refractivity contribution in [2.45, 2.75) is 6.04 Å². The Morgan fingerprint density at radius 3 is 3.06 bits per heavy atom. The van der Waals surface area contributed by atoms with Gasteiger partial charge >= 0.3 is 5.97 Å². The fraction of sp³-hybridized carbons (Fsp3) is 0.182. The first kappa shape index (κ1) is 11.5. The van der Waals surface area contributed by atoms with E-state index in [-0.39, 0.29) is 6.04 Å². The first-order valence-corrected chi connectivity index (χ1v) is 5.38. The lowest BCUT2D eigenvalue weighted by atomic mass is 10.00. The van der Waals surface area contributed by atoms with Crippen LogP contribution >= 0.6 is 12.2 Å². The maximum absolute atomic E-state index is 11.6. The highest BCUT2D eigenvalue weighted by Crippen LogP contribution is 2.23. The lowest BCUT2D eigenvalue weighted by Crippen LogP contribution is -2.42. The lowest BCUT2D eigenvalue weighted by Gasteiger charge is -2.26. The molecule has 2 heterocycles. The van der Waals surface area contributed by atoms with E-state index in [4.69, 9.17) is 17.0 Å². The maximum Gasteiger partial charge on any atom is 0.337 e. The summed E-state index contributed by atoms with van der Waals surface area (Å²) in [7, 11) is 1.34. The fourth-order valence-electron chi connectivity index (χ4n) is 1.58. The van der Waals surface area contributed by atoms with Crippen LogP contribution in [0.3, 0.4) is 0 Å². The molecule has 1 aromatic heterocycles. The third-order valence-corrected chi connectivity index (χ3v) is 2.62. The lowest BCUT2D eigenvalue weighted by molar-refractivity contribution is -0.136. The summed E-state index contributed by atoms with van der Waals surface area (Å²) in [6.07, 6.45) is 4.91. The third kappa shape index (κ3) is 2.42. The van der Waals surface area contributed by atoms with E-state index < -0.39 is 5.97 Å². The van der Waals surface area contributed by atoms with E-state index in [1.807, 2.05) is 6.07 Å². The summed E-state index contributed by atoms with van der Waals surface area (Å²) in [5.74, 6) is -0.402. The minimum absolute atomic E-state index is 0.329. The summed E-state index contributed by atoms with van der Waals surface area (Å²) in [6.45, 7) is 0. The Balaban J connectivity index is 2.36. The molecule has 1 unspecified atom stereocenters. The van der Waals surface area contributed by atoms with Crippen LogP contribution in [0.15, 0.2) is 36.3 Å². The van der Waals surface area contributed by atoms with Gasteiger partial charge in [0.05, 0.1) is 18.7 Å². The highest BCUT2D eigenvalue weighted by molar-refractivity contribution is 7.80. The molecular weight excluding hydrogens is 238 g/mol. The summed E-state index contributed by atoms with van der Waals surface area (Å²) in [5.41, 5.74) is 1.32. The van der Waals surface area contributed by atoms with Crippen LogP contribution < -0.4 is 10.6 Å². The average molecular weight is 249 g/mol. The third-order valence-electron chi connectivity index (χ3n) is 2.38. The number of nitrogens with one attached hydrogen (secondary N) is 2. The van der Waals surface area contributed by atoms with Crippen molar-refractivity contribution in [3.05, 3.63) is 41.9 Å². The summed E-state index contributed by atoms with van der Waals surface area (Å²) in [4.78, 5) is 15.6. The van der Waals surface area contributed by atoms with Gasteiger partial charge < -0.3 is 15.4 Å². The number of carbonyl (C=O) groups excluding carboxylic acids is 1. The number of methoxy groups -OCH3 is 1. The number of rotatable bonds is 2. The van der Waals surface area contributed by atoms with Gasteiger partial charge in [-0.25, -0.2) is 4.79 Å². The van der Waals surface area contributed by atoms with Crippen LogP contribution in [0.1, 0.15) is 11.6 Å². The quantitative estimate of drug-likeness (QED) is 0.593. The van der Waals surface area contributed by atoms with Gasteiger partial charge in [0.2, 0.25) is 0 Å². The molecule has 0 aliphatic carbocycles. The van der Waals surface area contributed by atoms with Crippen LogP contribution in [-0.2, 0) is 9.53 Å². The number of esters is 1. The number of pyridine rings is 1. The molecule has 0 aromatic carbocycles. The molecule has 1 aliphatic heterocycles. The van der Waals surface area contributed by atoms with Gasteiger partial charge in [-0.1, -0.05) is 6.07 Å². The van der Waals surface area contributed by atoms with Crippen molar-refractivity contribution in [3.63, 3.8) is 0 Å². The number of hydrogen-bond donors (Lipinski definition) is 2. The molecule has 0 bridgehead atoms. The summed E-state index contributed by atoms with van der Waals surface area (Å²) < 4.78 is 4.73. The van der Waals surface area contributed by atoms with Crippen molar-refractivity contribution < 1.29 is 9.53 Å². The number of hydrogen-bond acceptors (Lipinski definition) is 4. The molecule has 88 valence electrons. The molecule has 2 N–H and O–H groups in total. The molecule has 17 heavy (non-hydrogen) atoms. The van der Waals surface area contributed by atoms with Crippen molar-refractivity contribution in [2.24, 2.45) is 0 Å². The highest BCUT2D eigenvalue weighted by atomic mass is 32.1. The Morgan fingerprint density at radius 1 is 1.59 bits per heavy atom. The highest BCUT2D eigenvalue weighted by Gasteiger charge is 2.27. The van der Waals surface area contributed by atoms with Gasteiger partial charge in [-0.15, -0.1) is 0 Å². The molecule has 0 saturated heterocycles. The summed E-state index contributed by atoms with van der Waals surface area (Å²) >= 11 is 5.02. The van der Waals surface area contributed by atoms with Crippen LogP contribution in [0.25, 0.3) is 0 Å². The Morgan fingerprint density at radius 2 is 2.41 bits per heavy atom. The number of aromatic nitrogens is 1. The van der Waals surface area contributed by atoms with Crippen LogP contribution in [0.4, 0.5) is 0 Å². The van der Waals surface area contributed by atoms with Gasteiger partial charge in [-0.2, -0.15) is 0 Å². The zero-order valence-corrected chi connectivity index (χ0v) is 9.95. The van der Waals surface area contributed by atoms with Gasteiger partial charge in [0, 0.05) is 18.6 Å². The van der Waals surface area contributed by atoms with E-state index in [1.54, 1.807) is 24.7 Å². The van der Waals surface area contributed by atoms with Crippen molar-refractivity contribution >= 4 is 23.3 Å². The molecule has 2 rings (SSSR count). The van der Waals surface area contributed by atoms with Crippen LogP contribution in [0.2, 0.25) is 0 Å². The number of thiocarbonyl (C=S) groups is 1. The van der Waals surface area contributed by atoms with Gasteiger partial charge in [0.25, 0.3) is 0 Å². The van der Waals surface area contributed by atoms with Crippen molar-refractivity contribution in [1.82, 2.24) is 15.6 Å². The van der Waals surface area contributed by atoms with E-state index in [0.29, 0.717) is 10.7 Å². The Bertz CT molecular complexity index is 473. The SMILES string of the molecule is COC(=O)C1=CNC(=S)NC1c1cccnc1. The Labute approximate surface area is 104 Å². The van der Waals surface area contributed by atoms with Gasteiger partial charge in [-0.05, 0) is 23.8 Å². The molecule has 1 aromatic rings. The Hall–Kier alpha value is -1.95. The predicted octanol–water partition coefficient (Wildman–Crippen LogP) is 0.657. The van der Waals surface area contributed by atoms with Crippen molar-refractivity contribution in [1.29, 1.82) is 0 Å². The van der Waals surface area contributed by atoms with E-state index in [1.165, 1.54) is 7.11 Å². The van der Waals surface area contributed by atoms with E-state index >= 15 is 0 Å². The molecule has 0 saturated carbocycles. The minimum Gasteiger partial charge on any atom is -0.466 e. The van der Waals surface area contributed by atoms with Gasteiger partial charge in [0.1, 0.15) is 0 Å². The first-order chi connectivity index (χ1) is 8.22. The minimum atomic E-state index is -0.402. The first-order valence-electron chi connectivity index (χ1n) is 4.97. The zero-order valence-electron chi connectivity index (χ0n) is 9.14. The zero-order chi connectivity index (χ0) is 12.3. The molecule has 0 spiro atoms. The predicted molar refractivity (Wildman–Crippen MR) is 65.9 cm³/mol. The summed E-state index contributed by atoms with van der Waals surface area (Å²) in [6, 6.07) is 3.34. The molecule has 0 fully saturated rings. The van der Waals surface area contributed by atoms with Crippen molar-refractivity contribution in [2.75, 3.05) is 7.11 Å². The van der Waals surface area contributed by atoms with E-state index in [9.17, 15) is 4.79 Å². The topological polar surface area (TPSA) is 63.2 Å². The van der Waals surface area contributed by atoms with Gasteiger partial charge in [-0.3, -0.25) is 4.98 Å². The molecule has 0 amide bonds. The van der Waals surface area contributed by atoms with Crippen LogP contribution in [-0.4, -0.2) is 23.2 Å². The van der Waals surface area contributed by atoms with E-state index in [2.05, 4.69) is 15.6 Å². The molecule has 5 nitrogen and oxygen atoms in total. The fourth-order valence-corrected chi connectivity index (χ4v) is 1.76. The van der Waals surface area contributed by atoms with Gasteiger partial charge in [0.15, 0.2) is 5.11 Å². The molecule has 1 atom stereocenters. The van der Waals surface area contributed by atoms with Crippen molar-refractivity contribution in [3.8, 4) is 0 Å². The number of ether oxygens (including phenoxy) is 1. The monoisotopic (exact) mass is 249 g/mol. The second kappa shape index (κ2) is 4.92. The Kier molecular flexibility index (Phi) is 3.34. The molecule has 0 radical (unpaired) electrons. The molecule has 1 aliphatic rings. The number of carbonyl (C=O) groups is 1. The standard InChI is InChI=1S/C11H11N3O2S/c1-16-10(15)8-6-13-11(17)14-9(8)7-3-2-4-12-5-7/h2-6,9H,1H3,(H2,13,14,17). The van der Waals surface area contributed by atoms with Crippen LogP contribution in [0, 0.1) is 0 Å². The van der Waals surface area contributed by atoms with E-state index in [0.717, 1.165) is 5.56 Å².